The highest BCUT2D eigenvalue weighted by molar-refractivity contribution is 5.95. The number of hydrogen-bond donors (Lipinski definition) is 0. The minimum absolute atomic E-state index is 0.122. The fourth-order valence-electron chi connectivity index (χ4n) is 3.52. The first-order chi connectivity index (χ1) is 14.2. The zero-order chi connectivity index (χ0) is 19.8. The minimum atomic E-state index is 0.122. The van der Waals surface area contributed by atoms with Gasteiger partial charge in [0.25, 0.3) is 0 Å². The minimum Gasteiger partial charge on any atom is -0.311 e. The van der Waals surface area contributed by atoms with E-state index in [1.807, 2.05) is 22.9 Å². The predicted octanol–water partition coefficient (Wildman–Crippen LogP) is 1.98. The molecule has 1 amide bonds. The van der Waals surface area contributed by atoms with Crippen LogP contribution in [-0.4, -0.2) is 48.1 Å². The van der Waals surface area contributed by atoms with Crippen molar-refractivity contribution in [1.29, 1.82) is 0 Å². The maximum Gasteiger partial charge on any atom is 0.227 e. The summed E-state index contributed by atoms with van der Waals surface area (Å²) in [5.74, 6) is 0.122. The molecule has 5 heterocycles. The van der Waals surface area contributed by atoms with Crippen LogP contribution in [0.1, 0.15) is 28.9 Å². The van der Waals surface area contributed by atoms with Gasteiger partial charge in [-0.15, -0.1) is 5.10 Å². The summed E-state index contributed by atoms with van der Waals surface area (Å²) in [6.45, 7) is 1.17. The Morgan fingerprint density at radius 3 is 2.90 bits per heavy atom. The highest BCUT2D eigenvalue weighted by atomic mass is 16.2. The van der Waals surface area contributed by atoms with Crippen LogP contribution >= 0.6 is 0 Å². The SMILES string of the molecule is O=Cc1ccc2nc(Cn3cc(-c4cncc(N5CCCC5=O)c4)nn3)cn2c1. The number of rotatable bonds is 5. The lowest BCUT2D eigenvalue weighted by Gasteiger charge is -2.15. The van der Waals surface area contributed by atoms with E-state index >= 15 is 0 Å². The van der Waals surface area contributed by atoms with Crippen LogP contribution in [-0.2, 0) is 11.3 Å². The molecule has 0 saturated carbocycles. The average molecular weight is 387 g/mol. The molecule has 29 heavy (non-hydrogen) atoms. The predicted molar refractivity (Wildman–Crippen MR) is 105 cm³/mol. The van der Waals surface area contributed by atoms with E-state index in [-0.39, 0.29) is 5.91 Å². The molecule has 0 N–H and O–H groups in total. The summed E-state index contributed by atoms with van der Waals surface area (Å²) in [7, 11) is 0. The Bertz CT molecular complexity index is 1230. The van der Waals surface area contributed by atoms with Gasteiger partial charge in [-0.25, -0.2) is 9.67 Å². The number of carbonyl (C=O) groups excluding carboxylic acids is 2. The molecule has 4 aromatic rings. The molecule has 0 spiro atoms. The molecule has 144 valence electrons. The molecule has 0 radical (unpaired) electrons. The third kappa shape index (κ3) is 3.27. The molecule has 0 unspecified atom stereocenters. The first-order valence-electron chi connectivity index (χ1n) is 9.28. The second kappa shape index (κ2) is 6.93. The Morgan fingerprint density at radius 1 is 1.14 bits per heavy atom. The summed E-state index contributed by atoms with van der Waals surface area (Å²) in [5, 5.41) is 8.43. The lowest BCUT2D eigenvalue weighted by Crippen LogP contribution is -2.23. The van der Waals surface area contributed by atoms with Gasteiger partial charge in [0.1, 0.15) is 11.3 Å². The van der Waals surface area contributed by atoms with Gasteiger partial charge in [-0.2, -0.15) is 0 Å². The summed E-state index contributed by atoms with van der Waals surface area (Å²) in [6.07, 6.45) is 11.1. The van der Waals surface area contributed by atoms with Gasteiger partial charge in [0, 0.05) is 42.7 Å². The van der Waals surface area contributed by atoms with Crippen molar-refractivity contribution in [3.63, 3.8) is 0 Å². The Hall–Kier alpha value is -3.88. The van der Waals surface area contributed by atoms with Gasteiger partial charge in [0.15, 0.2) is 6.29 Å². The number of carbonyl (C=O) groups is 2. The van der Waals surface area contributed by atoms with Crippen LogP contribution < -0.4 is 4.90 Å². The maximum absolute atomic E-state index is 12.0. The van der Waals surface area contributed by atoms with Crippen molar-refractivity contribution in [2.75, 3.05) is 11.4 Å². The smallest absolute Gasteiger partial charge is 0.227 e. The van der Waals surface area contributed by atoms with E-state index in [1.165, 1.54) is 0 Å². The third-order valence-corrected chi connectivity index (χ3v) is 4.93. The van der Waals surface area contributed by atoms with E-state index in [0.717, 1.165) is 41.8 Å². The fraction of sp³-hybridized carbons (Fsp3) is 0.200. The van der Waals surface area contributed by atoms with Crippen molar-refractivity contribution in [2.45, 2.75) is 19.4 Å². The highest BCUT2D eigenvalue weighted by Gasteiger charge is 2.22. The van der Waals surface area contributed by atoms with Crippen molar-refractivity contribution >= 4 is 23.5 Å². The summed E-state index contributed by atoms with van der Waals surface area (Å²) in [5.41, 5.74) is 4.42. The first kappa shape index (κ1) is 17.2. The maximum atomic E-state index is 12.0. The molecule has 5 rings (SSSR count). The number of fused-ring (bicyclic) bond motifs is 1. The molecule has 0 aliphatic carbocycles. The van der Waals surface area contributed by atoms with Gasteiger partial charge in [-0.3, -0.25) is 14.6 Å². The first-order valence-corrected chi connectivity index (χ1v) is 9.28. The number of nitrogens with zero attached hydrogens (tertiary/aromatic N) is 7. The zero-order valence-corrected chi connectivity index (χ0v) is 15.5. The van der Waals surface area contributed by atoms with Crippen LogP contribution in [0.2, 0.25) is 0 Å². The van der Waals surface area contributed by atoms with Crippen LogP contribution in [0.4, 0.5) is 5.69 Å². The number of hydrogen-bond acceptors (Lipinski definition) is 6. The van der Waals surface area contributed by atoms with Crippen molar-refractivity contribution in [3.8, 4) is 11.3 Å². The lowest BCUT2D eigenvalue weighted by atomic mass is 10.2. The average Bonchev–Trinajstić information content (AvgIpc) is 3.47. The second-order valence-electron chi connectivity index (χ2n) is 6.96. The quantitative estimate of drug-likeness (QED) is 0.486. The summed E-state index contributed by atoms with van der Waals surface area (Å²) in [4.78, 5) is 33.5. The number of anilines is 1. The number of aromatic nitrogens is 6. The number of amides is 1. The molecular formula is C20H17N7O2. The number of imidazole rings is 1. The van der Waals surface area contributed by atoms with Gasteiger partial charge in [0.05, 0.1) is 30.3 Å². The summed E-state index contributed by atoms with van der Waals surface area (Å²) in [6, 6.07) is 5.45. The normalized spacial score (nSPS) is 14.1. The van der Waals surface area contributed by atoms with Crippen LogP contribution in [0, 0.1) is 0 Å². The van der Waals surface area contributed by atoms with Gasteiger partial charge < -0.3 is 9.30 Å². The van der Waals surface area contributed by atoms with E-state index in [2.05, 4.69) is 20.3 Å². The third-order valence-electron chi connectivity index (χ3n) is 4.93. The van der Waals surface area contributed by atoms with Crippen molar-refractivity contribution in [3.05, 3.63) is 60.4 Å². The molecule has 1 aliphatic rings. The van der Waals surface area contributed by atoms with Gasteiger partial charge >= 0.3 is 0 Å². The van der Waals surface area contributed by atoms with Gasteiger partial charge in [-0.1, -0.05) is 5.21 Å². The lowest BCUT2D eigenvalue weighted by molar-refractivity contribution is -0.117. The van der Waals surface area contributed by atoms with Crippen LogP contribution in [0.15, 0.2) is 49.2 Å². The van der Waals surface area contributed by atoms with Crippen LogP contribution in [0.25, 0.3) is 16.9 Å². The Labute approximate surface area is 165 Å². The summed E-state index contributed by atoms with van der Waals surface area (Å²) < 4.78 is 3.52. The van der Waals surface area contributed by atoms with E-state index in [0.29, 0.717) is 24.2 Å². The Kier molecular flexibility index (Phi) is 4.12. The molecule has 4 aromatic heterocycles. The molecule has 0 bridgehead atoms. The van der Waals surface area contributed by atoms with E-state index in [4.69, 9.17) is 0 Å². The van der Waals surface area contributed by atoms with Crippen LogP contribution in [0.5, 0.6) is 0 Å². The highest BCUT2D eigenvalue weighted by Crippen LogP contribution is 2.25. The molecule has 9 nitrogen and oxygen atoms in total. The molecule has 0 atom stereocenters. The molecule has 1 saturated heterocycles. The molecule has 0 aromatic carbocycles. The Balaban J connectivity index is 1.38. The largest absolute Gasteiger partial charge is 0.311 e. The van der Waals surface area contributed by atoms with Crippen molar-refractivity contribution in [1.82, 2.24) is 29.4 Å². The molecule has 1 aliphatic heterocycles. The Morgan fingerprint density at radius 2 is 2.07 bits per heavy atom. The topological polar surface area (TPSA) is 98.3 Å². The van der Waals surface area contributed by atoms with Crippen molar-refractivity contribution < 1.29 is 9.59 Å². The standard InChI is InChI=1S/C20H17N7O2/c28-13-14-3-4-19-22-16(10-25(19)9-14)11-26-12-18(23-24-26)15-6-17(8-21-7-15)27-5-1-2-20(27)29/h3-4,6-10,12-13H,1-2,5,11H2. The molecular weight excluding hydrogens is 370 g/mol. The summed E-state index contributed by atoms with van der Waals surface area (Å²) >= 11 is 0. The van der Waals surface area contributed by atoms with E-state index in [1.54, 1.807) is 40.3 Å². The van der Waals surface area contributed by atoms with E-state index < -0.39 is 0 Å². The van der Waals surface area contributed by atoms with E-state index in [9.17, 15) is 9.59 Å². The second-order valence-corrected chi connectivity index (χ2v) is 6.96. The van der Waals surface area contributed by atoms with Gasteiger partial charge in [-0.05, 0) is 24.6 Å². The van der Waals surface area contributed by atoms with Crippen LogP contribution in [0.3, 0.4) is 0 Å². The van der Waals surface area contributed by atoms with Crippen molar-refractivity contribution in [2.24, 2.45) is 0 Å². The monoisotopic (exact) mass is 387 g/mol. The number of aldehydes is 1. The molecule has 9 heteroatoms. The zero-order valence-electron chi connectivity index (χ0n) is 15.5. The molecule has 1 fully saturated rings. The fourth-order valence-corrected chi connectivity index (χ4v) is 3.52. The number of pyridine rings is 2. The van der Waals surface area contributed by atoms with Gasteiger partial charge in [0.2, 0.25) is 5.91 Å².